The highest BCUT2D eigenvalue weighted by atomic mass is 16.5. The zero-order valence-electron chi connectivity index (χ0n) is 13.6. The Balaban J connectivity index is 1.62. The molecule has 118 valence electrons. The molecule has 1 aliphatic rings. The summed E-state index contributed by atoms with van der Waals surface area (Å²) in [6.45, 7) is 12.0. The van der Waals surface area contributed by atoms with Gasteiger partial charge in [-0.1, -0.05) is 12.1 Å². The SMILES string of the molecule is CC(C)Oc1ccc(CNCCN2CCN(C)CC2)cc1. The molecular weight excluding hydrogens is 262 g/mol. The molecule has 1 N–H and O–H groups in total. The highest BCUT2D eigenvalue weighted by molar-refractivity contribution is 5.27. The highest BCUT2D eigenvalue weighted by Gasteiger charge is 2.12. The van der Waals surface area contributed by atoms with Crippen LogP contribution in [-0.2, 0) is 6.54 Å². The van der Waals surface area contributed by atoms with Gasteiger partial charge in [0.25, 0.3) is 0 Å². The molecule has 1 aromatic rings. The van der Waals surface area contributed by atoms with Crippen molar-refractivity contribution in [3.63, 3.8) is 0 Å². The van der Waals surface area contributed by atoms with Crippen molar-refractivity contribution in [1.29, 1.82) is 0 Å². The molecule has 4 nitrogen and oxygen atoms in total. The Morgan fingerprint density at radius 3 is 2.38 bits per heavy atom. The van der Waals surface area contributed by atoms with Crippen molar-refractivity contribution >= 4 is 0 Å². The molecule has 1 aromatic carbocycles. The number of benzene rings is 1. The molecule has 1 heterocycles. The molecule has 21 heavy (non-hydrogen) atoms. The first-order valence-electron chi connectivity index (χ1n) is 8.00. The van der Waals surface area contributed by atoms with Gasteiger partial charge in [-0.15, -0.1) is 0 Å². The van der Waals surface area contributed by atoms with Gasteiger partial charge in [0.1, 0.15) is 5.75 Å². The van der Waals surface area contributed by atoms with E-state index in [1.807, 2.05) is 13.8 Å². The smallest absolute Gasteiger partial charge is 0.119 e. The van der Waals surface area contributed by atoms with E-state index in [1.165, 1.54) is 31.7 Å². The first-order chi connectivity index (χ1) is 10.1. The molecule has 0 radical (unpaired) electrons. The van der Waals surface area contributed by atoms with Crippen LogP contribution in [0.2, 0.25) is 0 Å². The zero-order chi connectivity index (χ0) is 15.1. The summed E-state index contributed by atoms with van der Waals surface area (Å²) in [7, 11) is 2.20. The van der Waals surface area contributed by atoms with Crippen molar-refractivity contribution in [1.82, 2.24) is 15.1 Å². The summed E-state index contributed by atoms with van der Waals surface area (Å²) in [6.07, 6.45) is 0.234. The molecule has 0 amide bonds. The van der Waals surface area contributed by atoms with E-state index in [9.17, 15) is 0 Å². The summed E-state index contributed by atoms with van der Waals surface area (Å²) in [4.78, 5) is 4.93. The fraction of sp³-hybridized carbons (Fsp3) is 0.647. The lowest BCUT2D eigenvalue weighted by Gasteiger charge is -2.32. The third kappa shape index (κ3) is 6.04. The van der Waals surface area contributed by atoms with E-state index in [-0.39, 0.29) is 6.10 Å². The van der Waals surface area contributed by atoms with E-state index in [2.05, 4.69) is 46.4 Å². The number of hydrogen-bond donors (Lipinski definition) is 1. The zero-order valence-corrected chi connectivity index (χ0v) is 13.6. The molecule has 0 atom stereocenters. The Kier molecular flexibility index (Phi) is 6.49. The number of likely N-dealkylation sites (N-methyl/N-ethyl adjacent to an activating group) is 1. The number of piperazine rings is 1. The van der Waals surface area contributed by atoms with Crippen LogP contribution in [0, 0.1) is 0 Å². The van der Waals surface area contributed by atoms with Crippen LogP contribution in [0.3, 0.4) is 0 Å². The van der Waals surface area contributed by atoms with Crippen LogP contribution in [0.4, 0.5) is 0 Å². The van der Waals surface area contributed by atoms with Gasteiger partial charge < -0.3 is 15.0 Å². The third-order valence-electron chi connectivity index (χ3n) is 3.82. The van der Waals surface area contributed by atoms with E-state index in [1.54, 1.807) is 0 Å². The molecule has 2 rings (SSSR count). The van der Waals surface area contributed by atoms with Gasteiger partial charge in [0.15, 0.2) is 0 Å². The van der Waals surface area contributed by atoms with Gasteiger partial charge in [-0.2, -0.15) is 0 Å². The van der Waals surface area contributed by atoms with Crippen LogP contribution in [0.5, 0.6) is 5.75 Å². The lowest BCUT2D eigenvalue weighted by atomic mass is 10.2. The molecule has 0 spiro atoms. The Morgan fingerprint density at radius 2 is 1.76 bits per heavy atom. The van der Waals surface area contributed by atoms with Gasteiger partial charge in [-0.25, -0.2) is 0 Å². The summed E-state index contributed by atoms with van der Waals surface area (Å²) in [6, 6.07) is 8.39. The minimum atomic E-state index is 0.234. The van der Waals surface area contributed by atoms with Gasteiger partial charge in [-0.05, 0) is 38.6 Å². The maximum absolute atomic E-state index is 5.65. The summed E-state index contributed by atoms with van der Waals surface area (Å²) in [5.74, 6) is 0.950. The van der Waals surface area contributed by atoms with Crippen molar-refractivity contribution in [2.45, 2.75) is 26.5 Å². The molecule has 1 fully saturated rings. The number of hydrogen-bond acceptors (Lipinski definition) is 4. The quantitative estimate of drug-likeness (QED) is 0.776. The highest BCUT2D eigenvalue weighted by Crippen LogP contribution is 2.13. The van der Waals surface area contributed by atoms with Crippen LogP contribution >= 0.6 is 0 Å². The summed E-state index contributed by atoms with van der Waals surface area (Å²) >= 11 is 0. The van der Waals surface area contributed by atoms with Crippen LogP contribution < -0.4 is 10.1 Å². The van der Waals surface area contributed by atoms with Gasteiger partial charge >= 0.3 is 0 Å². The standard InChI is InChI=1S/C17H29N3O/c1-15(2)21-17-6-4-16(5-7-17)14-18-8-9-20-12-10-19(3)11-13-20/h4-7,15,18H,8-14H2,1-3H3. The maximum atomic E-state index is 5.65. The molecule has 0 aliphatic carbocycles. The molecule has 1 aliphatic heterocycles. The van der Waals surface area contributed by atoms with Crippen molar-refractivity contribution in [2.75, 3.05) is 46.3 Å². The second-order valence-electron chi connectivity index (χ2n) is 6.13. The minimum Gasteiger partial charge on any atom is -0.491 e. The summed E-state index contributed by atoms with van der Waals surface area (Å²) in [5.41, 5.74) is 1.31. The lowest BCUT2D eigenvalue weighted by molar-refractivity contribution is 0.154. The molecule has 1 saturated heterocycles. The van der Waals surface area contributed by atoms with E-state index in [4.69, 9.17) is 4.74 Å². The molecule has 0 bridgehead atoms. The second-order valence-corrected chi connectivity index (χ2v) is 6.13. The summed E-state index contributed by atoms with van der Waals surface area (Å²) < 4.78 is 5.65. The molecule has 0 saturated carbocycles. The third-order valence-corrected chi connectivity index (χ3v) is 3.82. The number of nitrogens with zero attached hydrogens (tertiary/aromatic N) is 2. The van der Waals surface area contributed by atoms with E-state index < -0.39 is 0 Å². The largest absolute Gasteiger partial charge is 0.491 e. The number of rotatable bonds is 7. The average Bonchev–Trinajstić information content (AvgIpc) is 2.46. The fourth-order valence-electron chi connectivity index (χ4n) is 2.50. The van der Waals surface area contributed by atoms with Crippen molar-refractivity contribution in [3.05, 3.63) is 29.8 Å². The van der Waals surface area contributed by atoms with Crippen LogP contribution in [0.25, 0.3) is 0 Å². The van der Waals surface area contributed by atoms with Gasteiger partial charge in [0.2, 0.25) is 0 Å². The second kappa shape index (κ2) is 8.37. The first-order valence-corrected chi connectivity index (χ1v) is 8.00. The first kappa shape index (κ1) is 16.3. The number of nitrogens with one attached hydrogen (secondary N) is 1. The monoisotopic (exact) mass is 291 g/mol. The van der Waals surface area contributed by atoms with Gasteiger partial charge in [-0.3, -0.25) is 4.90 Å². The van der Waals surface area contributed by atoms with E-state index in [0.717, 1.165) is 25.4 Å². The van der Waals surface area contributed by atoms with Crippen LogP contribution in [-0.4, -0.2) is 62.2 Å². The number of ether oxygens (including phenoxy) is 1. The van der Waals surface area contributed by atoms with Gasteiger partial charge in [0.05, 0.1) is 6.10 Å². The molecule has 0 unspecified atom stereocenters. The minimum absolute atomic E-state index is 0.234. The van der Waals surface area contributed by atoms with Crippen molar-refractivity contribution in [3.8, 4) is 5.75 Å². The normalized spacial score (nSPS) is 17.3. The Morgan fingerprint density at radius 1 is 1.10 bits per heavy atom. The molecule has 0 aromatic heterocycles. The molecular formula is C17H29N3O. The predicted octanol–water partition coefficient (Wildman–Crippen LogP) is 1.81. The Hall–Kier alpha value is -1.10. The topological polar surface area (TPSA) is 27.7 Å². The van der Waals surface area contributed by atoms with E-state index >= 15 is 0 Å². The molecule has 4 heteroatoms. The van der Waals surface area contributed by atoms with Crippen molar-refractivity contribution in [2.24, 2.45) is 0 Å². The Bertz CT molecular complexity index is 397. The maximum Gasteiger partial charge on any atom is 0.119 e. The van der Waals surface area contributed by atoms with Crippen LogP contribution in [0.1, 0.15) is 19.4 Å². The Labute approximate surface area is 129 Å². The lowest BCUT2D eigenvalue weighted by Crippen LogP contribution is -2.46. The summed E-state index contributed by atoms with van der Waals surface area (Å²) in [5, 5.41) is 3.52. The fourth-order valence-corrected chi connectivity index (χ4v) is 2.50. The van der Waals surface area contributed by atoms with Crippen molar-refractivity contribution < 1.29 is 4.74 Å². The predicted molar refractivity (Wildman–Crippen MR) is 87.8 cm³/mol. The van der Waals surface area contributed by atoms with Crippen LogP contribution in [0.15, 0.2) is 24.3 Å². The average molecular weight is 291 g/mol. The van der Waals surface area contributed by atoms with E-state index in [0.29, 0.717) is 0 Å². The van der Waals surface area contributed by atoms with Gasteiger partial charge in [0, 0.05) is 45.8 Å².